The van der Waals surface area contributed by atoms with Gasteiger partial charge >= 0.3 is 0 Å². The van der Waals surface area contributed by atoms with Crippen LogP contribution in [0.5, 0.6) is 0 Å². The van der Waals surface area contributed by atoms with E-state index in [2.05, 4.69) is 15.3 Å². The van der Waals surface area contributed by atoms with Gasteiger partial charge in [0, 0.05) is 42.5 Å². The first-order valence-electron chi connectivity index (χ1n) is 10.5. The van der Waals surface area contributed by atoms with Gasteiger partial charge in [0.2, 0.25) is 5.91 Å². The Morgan fingerprint density at radius 3 is 2.65 bits per heavy atom. The van der Waals surface area contributed by atoms with Crippen LogP contribution in [0.25, 0.3) is 0 Å². The maximum absolute atomic E-state index is 13.2. The molecule has 1 aliphatic rings. The summed E-state index contributed by atoms with van der Waals surface area (Å²) in [6.07, 6.45) is 5.62. The van der Waals surface area contributed by atoms with Gasteiger partial charge in [0.05, 0.1) is 12.0 Å². The first-order valence-corrected chi connectivity index (χ1v) is 10.9. The quantitative estimate of drug-likeness (QED) is 0.612. The predicted molar refractivity (Wildman–Crippen MR) is 120 cm³/mol. The molecule has 0 spiro atoms. The van der Waals surface area contributed by atoms with E-state index in [0.29, 0.717) is 30.1 Å². The fourth-order valence-electron chi connectivity index (χ4n) is 3.98. The number of halogens is 1. The highest BCUT2D eigenvalue weighted by Crippen LogP contribution is 2.22. The molecule has 4 rings (SSSR count). The molecule has 2 atom stereocenters. The number of carbonyl (C=O) groups excluding carboxylic acids is 2. The number of nitrogens with zero attached hydrogens (tertiary/aromatic N) is 2. The molecule has 1 aliphatic heterocycles. The van der Waals surface area contributed by atoms with Gasteiger partial charge in [-0.2, -0.15) is 0 Å². The standard InChI is InChI=1S/C24H25ClN4O2/c25-20-10-8-18(9-11-20)24(31)29-14-4-7-19(16-29)23(30)28-21(15-22-26-12-13-27-22)17-5-2-1-3-6-17/h1-3,5-6,8-13,19,21H,4,7,14-16H2,(H,26,27)(H,28,30)/t19-,21-/m1/s1. The van der Waals surface area contributed by atoms with Crippen LogP contribution in [0.2, 0.25) is 5.02 Å². The fourth-order valence-corrected chi connectivity index (χ4v) is 4.11. The number of rotatable bonds is 6. The molecule has 7 heteroatoms. The molecule has 0 aliphatic carbocycles. The van der Waals surface area contributed by atoms with Crippen molar-refractivity contribution < 1.29 is 9.59 Å². The van der Waals surface area contributed by atoms with Crippen LogP contribution in [0.1, 0.15) is 40.6 Å². The van der Waals surface area contributed by atoms with Gasteiger partial charge < -0.3 is 15.2 Å². The zero-order valence-electron chi connectivity index (χ0n) is 17.1. The van der Waals surface area contributed by atoms with Crippen LogP contribution in [0, 0.1) is 5.92 Å². The van der Waals surface area contributed by atoms with Crippen molar-refractivity contribution in [2.75, 3.05) is 13.1 Å². The molecule has 2 heterocycles. The molecule has 2 amide bonds. The average Bonchev–Trinajstić information content (AvgIpc) is 3.32. The van der Waals surface area contributed by atoms with Gasteiger partial charge in [-0.05, 0) is 42.7 Å². The number of imidazole rings is 1. The molecule has 0 bridgehead atoms. The van der Waals surface area contributed by atoms with Gasteiger partial charge in [-0.25, -0.2) is 4.98 Å². The lowest BCUT2D eigenvalue weighted by atomic mass is 9.95. The summed E-state index contributed by atoms with van der Waals surface area (Å²) in [5.41, 5.74) is 1.61. The molecule has 160 valence electrons. The van der Waals surface area contributed by atoms with Gasteiger partial charge in [0.25, 0.3) is 5.91 Å². The molecule has 1 aromatic heterocycles. The summed E-state index contributed by atoms with van der Waals surface area (Å²) < 4.78 is 0. The van der Waals surface area contributed by atoms with E-state index < -0.39 is 0 Å². The Morgan fingerprint density at radius 1 is 1.16 bits per heavy atom. The Balaban J connectivity index is 1.44. The minimum absolute atomic E-state index is 0.0333. The van der Waals surface area contributed by atoms with Crippen molar-refractivity contribution in [1.82, 2.24) is 20.2 Å². The van der Waals surface area contributed by atoms with Crippen molar-refractivity contribution in [3.63, 3.8) is 0 Å². The van der Waals surface area contributed by atoms with E-state index in [9.17, 15) is 9.59 Å². The summed E-state index contributed by atoms with van der Waals surface area (Å²) in [6.45, 7) is 1.06. The smallest absolute Gasteiger partial charge is 0.253 e. The SMILES string of the molecule is O=C(N[C@H](Cc1ncc[nH]1)c1ccccc1)[C@@H]1CCCN(C(=O)c2ccc(Cl)cc2)C1. The second-order valence-corrected chi connectivity index (χ2v) is 8.25. The van der Waals surface area contributed by atoms with E-state index in [1.54, 1.807) is 41.6 Å². The number of aromatic nitrogens is 2. The highest BCUT2D eigenvalue weighted by Gasteiger charge is 2.30. The number of carbonyl (C=O) groups is 2. The molecule has 31 heavy (non-hydrogen) atoms. The highest BCUT2D eigenvalue weighted by molar-refractivity contribution is 6.30. The number of nitrogens with one attached hydrogen (secondary N) is 2. The summed E-state index contributed by atoms with van der Waals surface area (Å²) in [7, 11) is 0. The Kier molecular flexibility index (Phi) is 6.67. The average molecular weight is 437 g/mol. The first-order chi connectivity index (χ1) is 15.1. The predicted octanol–water partition coefficient (Wildman–Crippen LogP) is 4.02. The Morgan fingerprint density at radius 2 is 1.94 bits per heavy atom. The van der Waals surface area contributed by atoms with Crippen molar-refractivity contribution >= 4 is 23.4 Å². The van der Waals surface area contributed by atoms with Crippen molar-refractivity contribution in [3.8, 4) is 0 Å². The van der Waals surface area contributed by atoms with E-state index in [4.69, 9.17) is 11.6 Å². The van der Waals surface area contributed by atoms with Crippen LogP contribution in [-0.2, 0) is 11.2 Å². The number of amides is 2. The molecule has 2 aromatic carbocycles. The van der Waals surface area contributed by atoms with Crippen molar-refractivity contribution in [2.24, 2.45) is 5.92 Å². The summed E-state index contributed by atoms with van der Waals surface area (Å²) in [5, 5.41) is 3.79. The number of likely N-dealkylation sites (tertiary alicyclic amines) is 1. The number of hydrogen-bond acceptors (Lipinski definition) is 3. The molecular formula is C24H25ClN4O2. The summed E-state index contributed by atoms with van der Waals surface area (Å²) in [5.74, 6) is 0.475. The van der Waals surface area contributed by atoms with Crippen LogP contribution in [-0.4, -0.2) is 39.8 Å². The molecule has 1 fully saturated rings. The van der Waals surface area contributed by atoms with Gasteiger partial charge in [-0.1, -0.05) is 41.9 Å². The van der Waals surface area contributed by atoms with Gasteiger partial charge in [0.15, 0.2) is 0 Å². The number of H-pyrrole nitrogens is 1. The lowest BCUT2D eigenvalue weighted by Crippen LogP contribution is -2.46. The van der Waals surface area contributed by atoms with Crippen LogP contribution in [0.15, 0.2) is 67.0 Å². The minimum atomic E-state index is -0.243. The monoisotopic (exact) mass is 436 g/mol. The first kappa shape index (κ1) is 21.1. The third-order valence-corrected chi connectivity index (χ3v) is 5.89. The van der Waals surface area contributed by atoms with Crippen LogP contribution < -0.4 is 5.32 Å². The lowest BCUT2D eigenvalue weighted by Gasteiger charge is -2.33. The van der Waals surface area contributed by atoms with Gasteiger partial charge in [-0.3, -0.25) is 9.59 Å². The van der Waals surface area contributed by atoms with E-state index in [1.165, 1.54) is 0 Å². The third kappa shape index (κ3) is 5.33. The van der Waals surface area contributed by atoms with Gasteiger partial charge in [-0.15, -0.1) is 0 Å². The summed E-state index contributed by atoms with van der Waals surface area (Å²) in [6, 6.07) is 16.6. The number of hydrogen-bond donors (Lipinski definition) is 2. The molecule has 1 saturated heterocycles. The maximum atomic E-state index is 13.2. The molecule has 0 unspecified atom stereocenters. The molecule has 2 N–H and O–H groups in total. The zero-order valence-corrected chi connectivity index (χ0v) is 17.9. The topological polar surface area (TPSA) is 78.1 Å². The molecule has 3 aromatic rings. The van der Waals surface area contributed by atoms with Crippen LogP contribution in [0.3, 0.4) is 0 Å². The number of benzene rings is 2. The largest absolute Gasteiger partial charge is 0.349 e. The second kappa shape index (κ2) is 9.79. The van der Waals surface area contributed by atoms with Crippen LogP contribution in [0.4, 0.5) is 0 Å². The van der Waals surface area contributed by atoms with E-state index in [0.717, 1.165) is 24.2 Å². The van der Waals surface area contributed by atoms with E-state index >= 15 is 0 Å². The number of piperidine rings is 1. The van der Waals surface area contributed by atoms with E-state index in [-0.39, 0.29) is 23.8 Å². The Bertz CT molecular complexity index is 1010. The molecule has 6 nitrogen and oxygen atoms in total. The summed E-state index contributed by atoms with van der Waals surface area (Å²) in [4.78, 5) is 35.2. The maximum Gasteiger partial charge on any atom is 0.253 e. The normalized spacial score (nSPS) is 17.2. The summed E-state index contributed by atoms with van der Waals surface area (Å²) >= 11 is 5.93. The van der Waals surface area contributed by atoms with Crippen molar-refractivity contribution in [3.05, 3.63) is 89.0 Å². The zero-order chi connectivity index (χ0) is 21.6. The van der Waals surface area contributed by atoms with Crippen LogP contribution >= 0.6 is 11.6 Å². The molecule has 0 saturated carbocycles. The third-order valence-electron chi connectivity index (χ3n) is 5.64. The van der Waals surface area contributed by atoms with Crippen molar-refractivity contribution in [1.29, 1.82) is 0 Å². The lowest BCUT2D eigenvalue weighted by molar-refractivity contribution is -0.127. The fraction of sp³-hybridized carbons (Fsp3) is 0.292. The second-order valence-electron chi connectivity index (χ2n) is 7.81. The van der Waals surface area contributed by atoms with Crippen molar-refractivity contribution in [2.45, 2.75) is 25.3 Å². The molecule has 0 radical (unpaired) electrons. The number of aromatic amines is 1. The Hall–Kier alpha value is -3.12. The van der Waals surface area contributed by atoms with Gasteiger partial charge in [0.1, 0.15) is 5.82 Å². The molecular weight excluding hydrogens is 412 g/mol. The minimum Gasteiger partial charge on any atom is -0.349 e. The van der Waals surface area contributed by atoms with E-state index in [1.807, 2.05) is 30.3 Å². The highest BCUT2D eigenvalue weighted by atomic mass is 35.5. The Labute approximate surface area is 186 Å².